The molecular formula is C14H20FNO. The molecule has 1 saturated heterocycles. The molecule has 1 aromatic rings. The maximum atomic E-state index is 14.7. The number of hydrogen-bond donors (Lipinski definition) is 2. The zero-order valence-corrected chi connectivity index (χ0v) is 10.2. The van der Waals surface area contributed by atoms with Crippen molar-refractivity contribution in [2.24, 2.45) is 5.92 Å². The minimum absolute atomic E-state index is 0.117. The van der Waals surface area contributed by atoms with Gasteiger partial charge in [0.1, 0.15) is 11.4 Å². The Bertz CT molecular complexity index is 372. The molecule has 1 heterocycles. The third-order valence-corrected chi connectivity index (χ3v) is 3.65. The van der Waals surface area contributed by atoms with Crippen LogP contribution in [0.1, 0.15) is 25.3 Å². The first kappa shape index (κ1) is 12.4. The van der Waals surface area contributed by atoms with Gasteiger partial charge >= 0.3 is 0 Å². The first-order valence-electron chi connectivity index (χ1n) is 6.25. The normalized spacial score (nSPS) is 21.1. The van der Waals surface area contributed by atoms with Gasteiger partial charge in [-0.1, -0.05) is 12.1 Å². The summed E-state index contributed by atoms with van der Waals surface area (Å²) in [7, 11) is 0. The molecule has 0 bridgehead atoms. The Morgan fingerprint density at radius 3 is 2.76 bits per heavy atom. The van der Waals surface area contributed by atoms with Crippen LogP contribution in [0.4, 0.5) is 4.39 Å². The lowest BCUT2D eigenvalue weighted by Crippen LogP contribution is -2.40. The number of piperidine rings is 1. The molecule has 1 aliphatic rings. The van der Waals surface area contributed by atoms with Crippen LogP contribution >= 0.6 is 0 Å². The van der Waals surface area contributed by atoms with Crippen molar-refractivity contribution in [3.05, 3.63) is 29.8 Å². The lowest BCUT2D eigenvalue weighted by atomic mass is 9.80. The molecule has 0 aliphatic carbocycles. The molecule has 17 heavy (non-hydrogen) atoms. The van der Waals surface area contributed by atoms with E-state index in [9.17, 15) is 9.50 Å². The predicted octanol–water partition coefficient (Wildman–Crippen LogP) is 2.66. The van der Waals surface area contributed by atoms with Crippen LogP contribution < -0.4 is 5.32 Å². The molecule has 1 fully saturated rings. The van der Waals surface area contributed by atoms with Crippen molar-refractivity contribution in [1.82, 2.24) is 5.32 Å². The van der Waals surface area contributed by atoms with E-state index >= 15 is 0 Å². The van der Waals surface area contributed by atoms with Gasteiger partial charge in [-0.25, -0.2) is 4.39 Å². The third-order valence-electron chi connectivity index (χ3n) is 3.65. The highest BCUT2D eigenvalue weighted by atomic mass is 19.1. The molecule has 3 heteroatoms. The standard InChI is InChI=1S/C14H20FNO/c1-14(15,12-5-7-16-8-6-12)10-11-3-2-4-13(17)9-11/h2-4,9,12,16-17H,5-8,10H2,1H3. The highest BCUT2D eigenvalue weighted by Gasteiger charge is 2.34. The first-order chi connectivity index (χ1) is 8.08. The fraction of sp³-hybridized carbons (Fsp3) is 0.571. The van der Waals surface area contributed by atoms with Crippen molar-refractivity contribution in [3.8, 4) is 5.75 Å². The van der Waals surface area contributed by atoms with Crippen molar-refractivity contribution in [3.63, 3.8) is 0 Å². The van der Waals surface area contributed by atoms with Gasteiger partial charge in [-0.15, -0.1) is 0 Å². The second-order valence-electron chi connectivity index (χ2n) is 5.15. The molecule has 1 unspecified atom stereocenters. The summed E-state index contributed by atoms with van der Waals surface area (Å²) in [5.74, 6) is 0.328. The smallest absolute Gasteiger partial charge is 0.115 e. The molecule has 2 N–H and O–H groups in total. The lowest BCUT2D eigenvalue weighted by molar-refractivity contribution is 0.0796. The summed E-state index contributed by atoms with van der Waals surface area (Å²) in [6.45, 7) is 3.50. The highest BCUT2D eigenvalue weighted by molar-refractivity contribution is 5.28. The van der Waals surface area contributed by atoms with Gasteiger partial charge in [0.2, 0.25) is 0 Å². The van der Waals surface area contributed by atoms with E-state index in [1.54, 1.807) is 25.1 Å². The molecule has 94 valence electrons. The van der Waals surface area contributed by atoms with Crippen molar-refractivity contribution >= 4 is 0 Å². The van der Waals surface area contributed by atoms with Crippen LogP contribution in [-0.2, 0) is 6.42 Å². The summed E-state index contributed by atoms with van der Waals surface area (Å²) in [6, 6.07) is 6.91. The van der Waals surface area contributed by atoms with Gasteiger partial charge in [0.15, 0.2) is 0 Å². The van der Waals surface area contributed by atoms with Gasteiger partial charge in [0, 0.05) is 6.42 Å². The number of benzene rings is 1. The third kappa shape index (κ3) is 3.19. The van der Waals surface area contributed by atoms with Crippen molar-refractivity contribution < 1.29 is 9.50 Å². The first-order valence-corrected chi connectivity index (χ1v) is 6.25. The minimum Gasteiger partial charge on any atom is -0.508 e. The number of phenols is 1. The highest BCUT2D eigenvalue weighted by Crippen LogP contribution is 2.33. The van der Waals surface area contributed by atoms with E-state index in [-0.39, 0.29) is 11.7 Å². The Morgan fingerprint density at radius 1 is 1.41 bits per heavy atom. The number of alkyl halides is 1. The topological polar surface area (TPSA) is 32.3 Å². The molecule has 0 amide bonds. The zero-order valence-electron chi connectivity index (χ0n) is 10.2. The maximum absolute atomic E-state index is 14.7. The Kier molecular flexibility index (Phi) is 3.67. The monoisotopic (exact) mass is 237 g/mol. The number of aromatic hydroxyl groups is 1. The lowest BCUT2D eigenvalue weighted by Gasteiger charge is -2.34. The number of nitrogens with one attached hydrogen (secondary N) is 1. The Hall–Kier alpha value is -1.09. The van der Waals surface area contributed by atoms with E-state index in [2.05, 4.69) is 5.32 Å². The molecule has 1 aliphatic heterocycles. The predicted molar refractivity (Wildman–Crippen MR) is 66.9 cm³/mol. The Labute approximate surface area is 102 Å². The SMILES string of the molecule is CC(F)(Cc1cccc(O)c1)C1CCNCC1. The number of phenolic OH excluding ortho intramolecular Hbond substituents is 1. The van der Waals surface area contributed by atoms with Gasteiger partial charge in [0.25, 0.3) is 0 Å². The second kappa shape index (κ2) is 5.05. The molecule has 1 aromatic carbocycles. The van der Waals surface area contributed by atoms with Crippen LogP contribution in [0.5, 0.6) is 5.75 Å². The van der Waals surface area contributed by atoms with Gasteiger partial charge in [-0.2, -0.15) is 0 Å². The molecule has 2 nitrogen and oxygen atoms in total. The average Bonchev–Trinajstić information content (AvgIpc) is 2.29. The van der Waals surface area contributed by atoms with Crippen molar-refractivity contribution in [2.45, 2.75) is 31.9 Å². The fourth-order valence-electron chi connectivity index (χ4n) is 2.63. The molecular weight excluding hydrogens is 217 g/mol. The molecule has 1 atom stereocenters. The molecule has 0 aromatic heterocycles. The van der Waals surface area contributed by atoms with E-state index in [0.717, 1.165) is 31.5 Å². The summed E-state index contributed by atoms with van der Waals surface area (Å²) in [5.41, 5.74) is -0.316. The summed E-state index contributed by atoms with van der Waals surface area (Å²) in [4.78, 5) is 0. The van der Waals surface area contributed by atoms with Crippen LogP contribution in [0.25, 0.3) is 0 Å². The van der Waals surface area contributed by atoms with E-state index in [1.165, 1.54) is 0 Å². The summed E-state index contributed by atoms with van der Waals surface area (Å²) in [5, 5.41) is 12.6. The number of rotatable bonds is 3. The second-order valence-corrected chi connectivity index (χ2v) is 5.15. The van der Waals surface area contributed by atoms with Crippen molar-refractivity contribution in [2.75, 3.05) is 13.1 Å². The van der Waals surface area contributed by atoms with Crippen LogP contribution in [0.2, 0.25) is 0 Å². The zero-order chi connectivity index (χ0) is 12.3. The van der Waals surface area contributed by atoms with E-state index in [4.69, 9.17) is 0 Å². The summed E-state index contributed by atoms with van der Waals surface area (Å²) >= 11 is 0. The Morgan fingerprint density at radius 2 is 2.12 bits per heavy atom. The number of hydrogen-bond acceptors (Lipinski definition) is 2. The number of halogens is 1. The molecule has 0 spiro atoms. The van der Waals surface area contributed by atoms with Crippen LogP contribution in [0, 0.1) is 5.92 Å². The van der Waals surface area contributed by atoms with E-state index in [1.807, 2.05) is 6.07 Å². The minimum atomic E-state index is -1.18. The van der Waals surface area contributed by atoms with Gasteiger partial charge in [-0.05, 0) is 56.5 Å². The maximum Gasteiger partial charge on any atom is 0.115 e. The van der Waals surface area contributed by atoms with Crippen molar-refractivity contribution in [1.29, 1.82) is 0 Å². The average molecular weight is 237 g/mol. The van der Waals surface area contributed by atoms with Gasteiger partial charge < -0.3 is 10.4 Å². The van der Waals surface area contributed by atoms with E-state index in [0.29, 0.717) is 6.42 Å². The summed E-state index contributed by atoms with van der Waals surface area (Å²) < 4.78 is 14.7. The van der Waals surface area contributed by atoms with Gasteiger partial charge in [0.05, 0.1) is 0 Å². The van der Waals surface area contributed by atoms with Crippen LogP contribution in [0.3, 0.4) is 0 Å². The Balaban J connectivity index is 2.05. The molecule has 2 rings (SSSR count). The van der Waals surface area contributed by atoms with Gasteiger partial charge in [-0.3, -0.25) is 0 Å². The quantitative estimate of drug-likeness (QED) is 0.847. The fourth-order valence-corrected chi connectivity index (χ4v) is 2.63. The van der Waals surface area contributed by atoms with Crippen LogP contribution in [0.15, 0.2) is 24.3 Å². The largest absolute Gasteiger partial charge is 0.508 e. The van der Waals surface area contributed by atoms with Crippen LogP contribution in [-0.4, -0.2) is 23.9 Å². The molecule has 0 saturated carbocycles. The molecule has 0 radical (unpaired) electrons. The summed E-state index contributed by atoms with van der Waals surface area (Å²) in [6.07, 6.45) is 2.17. The van der Waals surface area contributed by atoms with E-state index < -0.39 is 5.67 Å².